The van der Waals surface area contributed by atoms with Crippen LogP contribution in [0.5, 0.6) is 5.75 Å². The van der Waals surface area contributed by atoms with Gasteiger partial charge in [0, 0.05) is 39.3 Å². The lowest BCUT2D eigenvalue weighted by Crippen LogP contribution is -2.54. The molecule has 2 saturated heterocycles. The summed E-state index contributed by atoms with van der Waals surface area (Å²) in [5.74, 6) is -0.297. The number of morpholine rings is 1. The van der Waals surface area contributed by atoms with Crippen molar-refractivity contribution in [3.63, 3.8) is 0 Å². The summed E-state index contributed by atoms with van der Waals surface area (Å²) in [5.41, 5.74) is -0.824. The molecule has 29 heavy (non-hydrogen) atoms. The third kappa shape index (κ3) is 6.07. The lowest BCUT2D eigenvalue weighted by molar-refractivity contribution is -0.141. The molecule has 2 aliphatic heterocycles. The molecule has 0 aromatic heterocycles. The molecule has 7 nitrogen and oxygen atoms in total. The van der Waals surface area contributed by atoms with Crippen LogP contribution in [0, 0.1) is 0 Å². The molecule has 0 bridgehead atoms. The van der Waals surface area contributed by atoms with Crippen LogP contribution in [0.15, 0.2) is 24.3 Å². The van der Waals surface area contributed by atoms with Gasteiger partial charge >= 0.3 is 6.18 Å². The van der Waals surface area contributed by atoms with Crippen LogP contribution in [-0.4, -0.2) is 92.1 Å². The molecule has 0 N–H and O–H groups in total. The fourth-order valence-corrected chi connectivity index (χ4v) is 3.25. The van der Waals surface area contributed by atoms with Crippen LogP contribution in [0.25, 0.3) is 0 Å². The van der Waals surface area contributed by atoms with Crippen LogP contribution in [0.2, 0.25) is 0 Å². The molecule has 0 saturated carbocycles. The van der Waals surface area contributed by atoms with E-state index in [0.29, 0.717) is 45.9 Å². The fourth-order valence-electron chi connectivity index (χ4n) is 3.25. The SMILES string of the molecule is O=C(COc1cccc(C(F)(F)F)c1)N1CCN(C(=O)CN2CCOCC2)CC1. The first-order valence-electron chi connectivity index (χ1n) is 9.48. The van der Waals surface area contributed by atoms with E-state index in [1.807, 2.05) is 4.90 Å². The molecule has 0 aliphatic carbocycles. The number of rotatable bonds is 5. The summed E-state index contributed by atoms with van der Waals surface area (Å²) in [6.45, 7) is 4.33. The van der Waals surface area contributed by atoms with Crippen molar-refractivity contribution in [2.75, 3.05) is 65.6 Å². The van der Waals surface area contributed by atoms with Crippen LogP contribution in [-0.2, 0) is 20.5 Å². The highest BCUT2D eigenvalue weighted by atomic mass is 19.4. The summed E-state index contributed by atoms with van der Waals surface area (Å²) in [7, 11) is 0. The van der Waals surface area contributed by atoms with Crippen molar-refractivity contribution < 1.29 is 32.2 Å². The van der Waals surface area contributed by atoms with E-state index in [4.69, 9.17) is 9.47 Å². The van der Waals surface area contributed by atoms with E-state index in [1.165, 1.54) is 12.1 Å². The minimum absolute atomic E-state index is 0.00694. The molecule has 2 amide bonds. The van der Waals surface area contributed by atoms with Crippen molar-refractivity contribution in [2.45, 2.75) is 6.18 Å². The van der Waals surface area contributed by atoms with Crippen LogP contribution in [0.3, 0.4) is 0 Å². The molecule has 2 heterocycles. The van der Waals surface area contributed by atoms with Crippen molar-refractivity contribution in [1.82, 2.24) is 14.7 Å². The van der Waals surface area contributed by atoms with E-state index in [2.05, 4.69) is 0 Å². The Morgan fingerprint density at radius 1 is 0.966 bits per heavy atom. The van der Waals surface area contributed by atoms with Gasteiger partial charge in [0.25, 0.3) is 5.91 Å². The van der Waals surface area contributed by atoms with Crippen molar-refractivity contribution in [3.05, 3.63) is 29.8 Å². The zero-order chi connectivity index (χ0) is 20.9. The van der Waals surface area contributed by atoms with Crippen molar-refractivity contribution in [2.24, 2.45) is 0 Å². The standard InChI is InChI=1S/C19H24F3N3O4/c20-19(21,22)15-2-1-3-16(12-15)29-14-18(27)25-6-4-24(5-7-25)17(26)13-23-8-10-28-11-9-23/h1-3,12H,4-11,13-14H2. The second kappa shape index (κ2) is 9.45. The second-order valence-electron chi connectivity index (χ2n) is 6.96. The molecule has 0 unspecified atom stereocenters. The Hall–Kier alpha value is -2.33. The van der Waals surface area contributed by atoms with Gasteiger partial charge in [-0.25, -0.2) is 0 Å². The Bertz CT molecular complexity index is 715. The maximum absolute atomic E-state index is 12.7. The lowest BCUT2D eigenvalue weighted by atomic mass is 10.2. The summed E-state index contributed by atoms with van der Waals surface area (Å²) >= 11 is 0. The van der Waals surface area contributed by atoms with Gasteiger partial charge < -0.3 is 19.3 Å². The number of hydrogen-bond acceptors (Lipinski definition) is 5. The van der Waals surface area contributed by atoms with Gasteiger partial charge in [-0.3, -0.25) is 14.5 Å². The Morgan fingerprint density at radius 3 is 2.21 bits per heavy atom. The molecule has 2 fully saturated rings. The molecule has 2 aliphatic rings. The molecule has 1 aromatic carbocycles. The van der Waals surface area contributed by atoms with E-state index in [9.17, 15) is 22.8 Å². The summed E-state index contributed by atoms with van der Waals surface area (Å²) in [4.78, 5) is 30.0. The average Bonchev–Trinajstić information content (AvgIpc) is 2.72. The van der Waals surface area contributed by atoms with E-state index in [0.717, 1.165) is 25.2 Å². The molecule has 1 aromatic rings. The highest BCUT2D eigenvalue weighted by Crippen LogP contribution is 2.31. The minimum Gasteiger partial charge on any atom is -0.484 e. The highest BCUT2D eigenvalue weighted by Gasteiger charge is 2.31. The Morgan fingerprint density at radius 2 is 1.59 bits per heavy atom. The summed E-state index contributed by atoms with van der Waals surface area (Å²) in [5, 5.41) is 0. The first-order valence-corrected chi connectivity index (χ1v) is 9.48. The number of nitrogens with zero attached hydrogens (tertiary/aromatic N) is 3. The summed E-state index contributed by atoms with van der Waals surface area (Å²) < 4.78 is 48.7. The van der Waals surface area contributed by atoms with Gasteiger partial charge in [0.2, 0.25) is 5.91 Å². The van der Waals surface area contributed by atoms with Crippen molar-refractivity contribution in [3.8, 4) is 5.75 Å². The first kappa shape index (κ1) is 21.4. The lowest BCUT2D eigenvalue weighted by Gasteiger charge is -2.36. The van der Waals surface area contributed by atoms with Gasteiger partial charge in [0.1, 0.15) is 5.75 Å². The number of carbonyl (C=O) groups is 2. The van der Waals surface area contributed by atoms with Gasteiger partial charge in [-0.15, -0.1) is 0 Å². The molecule has 0 atom stereocenters. The maximum Gasteiger partial charge on any atom is 0.416 e. The molecule has 0 spiro atoms. The largest absolute Gasteiger partial charge is 0.484 e. The van der Waals surface area contributed by atoms with Gasteiger partial charge in [0.15, 0.2) is 6.61 Å². The molecular weight excluding hydrogens is 391 g/mol. The van der Waals surface area contributed by atoms with Crippen molar-refractivity contribution >= 4 is 11.8 Å². The normalized spacial score (nSPS) is 18.6. The first-order chi connectivity index (χ1) is 13.8. The Balaban J connectivity index is 1.42. The monoisotopic (exact) mass is 415 g/mol. The minimum atomic E-state index is -4.46. The number of hydrogen-bond donors (Lipinski definition) is 0. The summed E-state index contributed by atoms with van der Waals surface area (Å²) in [6.07, 6.45) is -4.46. The van der Waals surface area contributed by atoms with Crippen molar-refractivity contribution in [1.29, 1.82) is 0 Å². The van der Waals surface area contributed by atoms with Gasteiger partial charge in [0.05, 0.1) is 25.3 Å². The third-order valence-corrected chi connectivity index (χ3v) is 4.97. The zero-order valence-electron chi connectivity index (χ0n) is 16.0. The van der Waals surface area contributed by atoms with Crippen LogP contribution >= 0.6 is 0 Å². The number of benzene rings is 1. The number of piperazine rings is 1. The van der Waals surface area contributed by atoms with Crippen LogP contribution in [0.1, 0.15) is 5.56 Å². The number of amides is 2. The Labute approximate surface area is 166 Å². The number of alkyl halides is 3. The topological polar surface area (TPSA) is 62.3 Å². The molecular formula is C19H24F3N3O4. The van der Waals surface area contributed by atoms with E-state index in [1.54, 1.807) is 9.80 Å². The number of carbonyl (C=O) groups excluding carboxylic acids is 2. The van der Waals surface area contributed by atoms with Crippen LogP contribution < -0.4 is 4.74 Å². The summed E-state index contributed by atoms with van der Waals surface area (Å²) in [6, 6.07) is 4.43. The van der Waals surface area contributed by atoms with E-state index < -0.39 is 11.7 Å². The second-order valence-corrected chi connectivity index (χ2v) is 6.96. The molecule has 3 rings (SSSR count). The zero-order valence-corrected chi connectivity index (χ0v) is 16.0. The molecule has 10 heteroatoms. The number of halogens is 3. The Kier molecular flexibility index (Phi) is 6.96. The quantitative estimate of drug-likeness (QED) is 0.721. The van der Waals surface area contributed by atoms with Gasteiger partial charge in [-0.2, -0.15) is 13.2 Å². The average molecular weight is 415 g/mol. The van der Waals surface area contributed by atoms with Gasteiger partial charge in [-0.05, 0) is 18.2 Å². The van der Waals surface area contributed by atoms with E-state index >= 15 is 0 Å². The third-order valence-electron chi connectivity index (χ3n) is 4.97. The maximum atomic E-state index is 12.7. The van der Waals surface area contributed by atoms with E-state index in [-0.39, 0.29) is 24.2 Å². The fraction of sp³-hybridized carbons (Fsp3) is 0.579. The molecule has 160 valence electrons. The highest BCUT2D eigenvalue weighted by molar-refractivity contribution is 5.80. The number of ether oxygens (including phenoxy) is 2. The smallest absolute Gasteiger partial charge is 0.416 e. The predicted molar refractivity (Wildman–Crippen MR) is 97.4 cm³/mol. The predicted octanol–water partition coefficient (Wildman–Crippen LogP) is 1.09. The van der Waals surface area contributed by atoms with Gasteiger partial charge in [-0.1, -0.05) is 6.07 Å². The van der Waals surface area contributed by atoms with Crippen LogP contribution in [0.4, 0.5) is 13.2 Å². The molecule has 0 radical (unpaired) electrons.